The summed E-state index contributed by atoms with van der Waals surface area (Å²) in [5.41, 5.74) is 1.80. The van der Waals surface area contributed by atoms with Gasteiger partial charge in [-0.15, -0.1) is 0 Å². The number of carbonyl (C=O) groups is 1. The van der Waals surface area contributed by atoms with Crippen molar-refractivity contribution in [3.8, 4) is 0 Å². The molecule has 34 heavy (non-hydrogen) atoms. The Hall–Kier alpha value is -0.493. The normalized spacial score (nSPS) is 42.4. The minimum absolute atomic E-state index is 0.0574. The Bertz CT molecular complexity index is 828. The molecule has 0 amide bonds. The van der Waals surface area contributed by atoms with Gasteiger partial charge in [0, 0.05) is 18.4 Å². The van der Waals surface area contributed by atoms with Crippen molar-refractivity contribution in [3.05, 3.63) is 11.6 Å². The average molecular weight is 491 g/mol. The van der Waals surface area contributed by atoms with Crippen LogP contribution in [0.2, 0.25) is 18.1 Å². The van der Waals surface area contributed by atoms with Crippen LogP contribution in [-0.2, 0) is 9.22 Å². The molecule has 4 rings (SSSR count). The Morgan fingerprint density at radius 2 is 1.82 bits per heavy atom. The molecule has 0 bridgehead atoms. The van der Waals surface area contributed by atoms with E-state index in [0.717, 1.165) is 25.7 Å². The average Bonchev–Trinajstić information content (AvgIpc) is 3.01. The van der Waals surface area contributed by atoms with Gasteiger partial charge in [-0.3, -0.25) is 4.79 Å². The molecular weight excluding hydrogens is 440 g/mol. The second-order valence-corrected chi connectivity index (χ2v) is 19.1. The molecule has 0 aromatic heterocycles. The highest BCUT2D eigenvalue weighted by Gasteiger charge is 2.62. The van der Waals surface area contributed by atoms with Crippen LogP contribution < -0.4 is 0 Å². The molecule has 0 saturated heterocycles. The molecule has 3 saturated carbocycles. The molecule has 0 spiro atoms. The van der Waals surface area contributed by atoms with E-state index >= 15 is 0 Å². The maximum Gasteiger partial charge on any atom is 0.192 e. The van der Waals surface area contributed by atoms with Crippen LogP contribution in [0.1, 0.15) is 86.5 Å². The SMILES string of the molecule is C[C@H](C(O)CO)[C@H]1C(=O)C[C@H]2[C@@H]3CC=C4C[C@@H](O[Si](C)(C)C(C)(C)C)CCC4(C)[C@H]3CC[C@]12C. The van der Waals surface area contributed by atoms with E-state index in [1.807, 2.05) is 6.92 Å². The molecule has 2 N–H and O–H groups in total. The number of Topliss-reactive ketones (excluding diaryl/α,β-unsaturated/α-hetero) is 1. The fourth-order valence-corrected chi connectivity index (χ4v) is 9.82. The van der Waals surface area contributed by atoms with Crippen LogP contribution in [-0.4, -0.2) is 43.1 Å². The summed E-state index contributed by atoms with van der Waals surface area (Å²) in [5.74, 6) is 1.60. The first-order valence-corrected chi connectivity index (χ1v) is 16.8. The number of allylic oxidation sites excluding steroid dienone is 1. The topological polar surface area (TPSA) is 66.8 Å². The summed E-state index contributed by atoms with van der Waals surface area (Å²) in [5, 5.41) is 20.2. The molecule has 5 heteroatoms. The minimum Gasteiger partial charge on any atom is -0.414 e. The van der Waals surface area contributed by atoms with E-state index in [1.54, 1.807) is 5.57 Å². The van der Waals surface area contributed by atoms with Crippen molar-refractivity contribution < 1.29 is 19.4 Å². The van der Waals surface area contributed by atoms with Gasteiger partial charge in [0.05, 0.1) is 12.7 Å². The van der Waals surface area contributed by atoms with Crippen LogP contribution in [0.15, 0.2) is 11.6 Å². The lowest BCUT2D eigenvalue weighted by Crippen LogP contribution is -2.52. The number of aliphatic hydroxyl groups excluding tert-OH is 2. The Morgan fingerprint density at radius 3 is 2.44 bits per heavy atom. The highest BCUT2D eigenvalue weighted by molar-refractivity contribution is 6.74. The molecule has 0 aromatic rings. The third kappa shape index (κ3) is 4.11. The van der Waals surface area contributed by atoms with Crippen molar-refractivity contribution in [2.45, 2.75) is 117 Å². The standard InChI is InChI=1S/C29H50O4Si/c1-18(25(32)17-30)26-24(31)16-23-21-10-9-19-15-20(33-34(7,8)27(2,3)4)11-13-28(19,5)22(21)12-14-29(23,26)6/h9,18,20-23,25-26,30,32H,10-17H2,1-8H3/t18-,20+,21-,22+,23+,25?,26+,28?,29+/m1/s1. The molecule has 194 valence electrons. The molecule has 0 heterocycles. The van der Waals surface area contributed by atoms with Crippen LogP contribution in [0.25, 0.3) is 0 Å². The summed E-state index contributed by atoms with van der Waals surface area (Å²) < 4.78 is 6.86. The van der Waals surface area contributed by atoms with Crippen molar-refractivity contribution >= 4 is 14.1 Å². The van der Waals surface area contributed by atoms with E-state index in [4.69, 9.17) is 4.43 Å². The highest BCUT2D eigenvalue weighted by atomic mass is 28.4. The highest BCUT2D eigenvalue weighted by Crippen LogP contribution is 2.66. The zero-order valence-corrected chi connectivity index (χ0v) is 24.0. The summed E-state index contributed by atoms with van der Waals surface area (Å²) in [6, 6.07) is 0. The number of carbonyl (C=O) groups excluding carboxylic acids is 1. The molecule has 9 atom stereocenters. The minimum atomic E-state index is -1.78. The van der Waals surface area contributed by atoms with Crippen LogP contribution in [0, 0.1) is 40.4 Å². The number of hydrogen-bond acceptors (Lipinski definition) is 4. The van der Waals surface area contributed by atoms with Crippen molar-refractivity contribution in [1.29, 1.82) is 0 Å². The molecule has 0 radical (unpaired) electrons. The molecular formula is C29H50O4Si. The van der Waals surface area contributed by atoms with Gasteiger partial charge < -0.3 is 14.6 Å². The first kappa shape index (κ1) is 26.6. The molecule has 0 aliphatic heterocycles. The quantitative estimate of drug-likeness (QED) is 0.360. The lowest BCUT2D eigenvalue weighted by atomic mass is 9.47. The summed E-state index contributed by atoms with van der Waals surface area (Å²) in [4.78, 5) is 13.3. The Balaban J connectivity index is 1.55. The number of ketones is 1. The summed E-state index contributed by atoms with van der Waals surface area (Å²) >= 11 is 0. The fraction of sp³-hybridized carbons (Fsp3) is 0.897. The third-order valence-corrected chi connectivity index (χ3v) is 16.1. The summed E-state index contributed by atoms with van der Waals surface area (Å²) in [6.45, 7) is 18.2. The van der Waals surface area contributed by atoms with Gasteiger partial charge in [0.25, 0.3) is 0 Å². The van der Waals surface area contributed by atoms with Crippen LogP contribution >= 0.6 is 0 Å². The first-order valence-electron chi connectivity index (χ1n) is 13.8. The van der Waals surface area contributed by atoms with E-state index in [9.17, 15) is 15.0 Å². The molecule has 2 unspecified atom stereocenters. The van der Waals surface area contributed by atoms with Gasteiger partial charge in [0.15, 0.2) is 8.32 Å². The largest absolute Gasteiger partial charge is 0.414 e. The van der Waals surface area contributed by atoms with Crippen molar-refractivity contribution in [2.75, 3.05) is 6.61 Å². The summed E-state index contributed by atoms with van der Waals surface area (Å²) in [6.07, 6.45) is 9.47. The van der Waals surface area contributed by atoms with Gasteiger partial charge in [0.2, 0.25) is 0 Å². The lowest BCUT2D eigenvalue weighted by molar-refractivity contribution is -0.127. The Kier molecular flexibility index (Phi) is 6.89. The molecule has 4 nitrogen and oxygen atoms in total. The second kappa shape index (κ2) is 8.81. The van der Waals surface area contributed by atoms with E-state index < -0.39 is 14.4 Å². The Morgan fingerprint density at radius 1 is 1.15 bits per heavy atom. The molecule has 4 aliphatic carbocycles. The second-order valence-electron chi connectivity index (χ2n) is 14.3. The third-order valence-electron chi connectivity index (χ3n) is 11.6. The van der Waals surface area contributed by atoms with E-state index in [0.29, 0.717) is 36.1 Å². The first-order chi connectivity index (χ1) is 15.7. The number of fused-ring (bicyclic) bond motifs is 5. The molecule has 0 aromatic carbocycles. The number of hydrogen-bond donors (Lipinski definition) is 2. The predicted molar refractivity (Wildman–Crippen MR) is 140 cm³/mol. The van der Waals surface area contributed by atoms with Crippen LogP contribution in [0.4, 0.5) is 0 Å². The van der Waals surface area contributed by atoms with E-state index in [-0.39, 0.29) is 34.3 Å². The van der Waals surface area contributed by atoms with Crippen LogP contribution in [0.3, 0.4) is 0 Å². The predicted octanol–water partition coefficient (Wildman–Crippen LogP) is 6.12. The zero-order chi connectivity index (χ0) is 25.3. The van der Waals surface area contributed by atoms with Gasteiger partial charge in [0.1, 0.15) is 5.78 Å². The Labute approximate surface area is 209 Å². The fourth-order valence-electron chi connectivity index (χ4n) is 8.43. The van der Waals surface area contributed by atoms with Gasteiger partial charge >= 0.3 is 0 Å². The van der Waals surface area contributed by atoms with Gasteiger partial charge in [-0.25, -0.2) is 0 Å². The van der Waals surface area contributed by atoms with E-state index in [2.05, 4.69) is 53.8 Å². The maximum atomic E-state index is 13.3. The van der Waals surface area contributed by atoms with Crippen molar-refractivity contribution in [2.24, 2.45) is 40.4 Å². The van der Waals surface area contributed by atoms with Gasteiger partial charge in [-0.05, 0) is 91.2 Å². The smallest absolute Gasteiger partial charge is 0.192 e. The number of rotatable bonds is 5. The van der Waals surface area contributed by atoms with Gasteiger partial charge in [-0.2, -0.15) is 0 Å². The van der Waals surface area contributed by atoms with E-state index in [1.165, 1.54) is 12.8 Å². The van der Waals surface area contributed by atoms with Gasteiger partial charge in [-0.1, -0.05) is 53.2 Å². The van der Waals surface area contributed by atoms with Crippen molar-refractivity contribution in [1.82, 2.24) is 0 Å². The lowest BCUT2D eigenvalue weighted by Gasteiger charge is -2.58. The van der Waals surface area contributed by atoms with Crippen LogP contribution in [0.5, 0.6) is 0 Å². The summed E-state index contributed by atoms with van der Waals surface area (Å²) in [7, 11) is -1.78. The number of aliphatic hydroxyl groups is 2. The molecule has 3 fully saturated rings. The monoisotopic (exact) mass is 490 g/mol. The molecule has 4 aliphatic rings. The zero-order valence-electron chi connectivity index (χ0n) is 23.0. The van der Waals surface area contributed by atoms with Crippen molar-refractivity contribution in [3.63, 3.8) is 0 Å². The maximum absolute atomic E-state index is 13.3.